The van der Waals surface area contributed by atoms with Gasteiger partial charge in [-0.1, -0.05) is 19.1 Å². The lowest BCUT2D eigenvalue weighted by molar-refractivity contribution is -0.119. The number of aryl methyl sites for hydroxylation is 1. The molecular weight excluding hydrogens is 374 g/mol. The Morgan fingerprint density at radius 2 is 2.14 bits per heavy atom. The Kier molecular flexibility index (Phi) is 6.32. The molecule has 0 spiro atoms. The maximum Gasteiger partial charge on any atom is 0.340 e. The van der Waals surface area contributed by atoms with Gasteiger partial charge in [0.15, 0.2) is 6.61 Å². The van der Waals surface area contributed by atoms with Crippen LogP contribution in [0.2, 0.25) is 0 Å². The van der Waals surface area contributed by atoms with Crippen molar-refractivity contribution >= 4 is 29.3 Å². The van der Waals surface area contributed by atoms with Gasteiger partial charge in [-0.2, -0.15) is 5.26 Å². The van der Waals surface area contributed by atoms with Crippen LogP contribution in [-0.4, -0.2) is 29.7 Å². The summed E-state index contributed by atoms with van der Waals surface area (Å²) >= 11 is 1.32. The van der Waals surface area contributed by atoms with E-state index in [0.717, 1.165) is 30.5 Å². The summed E-state index contributed by atoms with van der Waals surface area (Å²) in [6, 6.07) is 11.2. The second-order valence-electron chi connectivity index (χ2n) is 6.54. The number of hydrogen-bond donors (Lipinski definition) is 1. The molecule has 1 aromatic carbocycles. The number of esters is 1. The second-order valence-corrected chi connectivity index (χ2v) is 7.34. The molecule has 3 rings (SSSR count). The SMILES string of the molecule is CCc1cccc(NC(=O)COC(=O)c2cc(C3CC3)nc(SC)c2C#N)c1. The second kappa shape index (κ2) is 8.89. The predicted octanol–water partition coefficient (Wildman–Crippen LogP) is 3.91. The summed E-state index contributed by atoms with van der Waals surface area (Å²) in [5.74, 6) is -0.783. The van der Waals surface area contributed by atoms with Gasteiger partial charge in [0.2, 0.25) is 0 Å². The molecular formula is C21H21N3O3S. The van der Waals surface area contributed by atoms with Crippen molar-refractivity contribution in [3.63, 3.8) is 0 Å². The number of anilines is 1. The lowest BCUT2D eigenvalue weighted by atomic mass is 10.1. The highest BCUT2D eigenvalue weighted by molar-refractivity contribution is 7.98. The molecule has 1 heterocycles. The third kappa shape index (κ3) is 4.70. The Morgan fingerprint density at radius 1 is 1.36 bits per heavy atom. The number of ether oxygens (including phenoxy) is 1. The lowest BCUT2D eigenvalue weighted by Gasteiger charge is -2.11. The summed E-state index contributed by atoms with van der Waals surface area (Å²) in [4.78, 5) is 29.2. The minimum atomic E-state index is -0.686. The molecule has 144 valence electrons. The molecule has 0 bridgehead atoms. The van der Waals surface area contributed by atoms with Crippen molar-refractivity contribution in [3.05, 3.63) is 52.7 Å². The first-order valence-electron chi connectivity index (χ1n) is 9.10. The third-order valence-corrected chi connectivity index (χ3v) is 5.16. The molecule has 1 aromatic heterocycles. The number of amides is 1. The van der Waals surface area contributed by atoms with E-state index in [9.17, 15) is 14.9 Å². The fourth-order valence-corrected chi connectivity index (χ4v) is 3.38. The van der Waals surface area contributed by atoms with E-state index in [2.05, 4.69) is 10.3 Å². The molecule has 1 fully saturated rings. The van der Waals surface area contributed by atoms with Crippen molar-refractivity contribution in [2.24, 2.45) is 0 Å². The number of hydrogen-bond acceptors (Lipinski definition) is 6. The number of nitrogens with zero attached hydrogens (tertiary/aromatic N) is 2. The Balaban J connectivity index is 1.69. The quantitative estimate of drug-likeness (QED) is 0.564. The number of aromatic nitrogens is 1. The van der Waals surface area contributed by atoms with E-state index >= 15 is 0 Å². The maximum atomic E-state index is 12.6. The van der Waals surface area contributed by atoms with Crippen molar-refractivity contribution in [2.45, 2.75) is 37.1 Å². The van der Waals surface area contributed by atoms with Gasteiger partial charge >= 0.3 is 5.97 Å². The van der Waals surface area contributed by atoms with E-state index in [1.807, 2.05) is 37.4 Å². The van der Waals surface area contributed by atoms with Gasteiger partial charge in [0, 0.05) is 17.3 Å². The molecule has 28 heavy (non-hydrogen) atoms. The topological polar surface area (TPSA) is 92.1 Å². The van der Waals surface area contributed by atoms with Crippen LogP contribution in [0.25, 0.3) is 0 Å². The number of carbonyl (C=O) groups is 2. The minimum absolute atomic E-state index is 0.171. The first kappa shape index (κ1) is 19.9. The number of nitriles is 1. The molecule has 0 radical (unpaired) electrons. The van der Waals surface area contributed by atoms with Gasteiger partial charge in [-0.3, -0.25) is 4.79 Å². The Morgan fingerprint density at radius 3 is 2.79 bits per heavy atom. The minimum Gasteiger partial charge on any atom is -0.452 e. The van der Waals surface area contributed by atoms with Crippen LogP contribution in [0.15, 0.2) is 35.4 Å². The number of carbonyl (C=O) groups excluding carboxylic acids is 2. The molecule has 1 amide bonds. The molecule has 1 N–H and O–H groups in total. The molecule has 0 unspecified atom stereocenters. The highest BCUT2D eigenvalue weighted by Gasteiger charge is 2.29. The summed E-state index contributed by atoms with van der Waals surface area (Å²) in [6.07, 6.45) is 4.73. The highest BCUT2D eigenvalue weighted by Crippen LogP contribution is 2.40. The molecule has 1 aliphatic carbocycles. The van der Waals surface area contributed by atoms with E-state index in [0.29, 0.717) is 16.6 Å². The molecule has 2 aromatic rings. The normalized spacial score (nSPS) is 12.9. The molecule has 0 atom stereocenters. The van der Waals surface area contributed by atoms with E-state index in [4.69, 9.17) is 4.74 Å². The fourth-order valence-electron chi connectivity index (χ4n) is 2.82. The Hall–Kier alpha value is -2.85. The van der Waals surface area contributed by atoms with Gasteiger partial charge in [-0.05, 0) is 49.3 Å². The van der Waals surface area contributed by atoms with Gasteiger partial charge < -0.3 is 10.1 Å². The standard InChI is InChI=1S/C21H21N3O3S/c1-3-13-5-4-6-15(9-13)23-19(25)12-27-21(26)16-10-18(14-7-8-14)24-20(28-2)17(16)11-22/h4-6,9-10,14H,3,7-8,12H2,1-2H3,(H,23,25). The predicted molar refractivity (Wildman–Crippen MR) is 107 cm³/mol. The Bertz CT molecular complexity index is 948. The van der Waals surface area contributed by atoms with Crippen LogP contribution >= 0.6 is 11.8 Å². The summed E-state index contributed by atoms with van der Waals surface area (Å²) in [6.45, 7) is 1.61. The Labute approximate surface area is 168 Å². The van der Waals surface area contributed by atoms with Crippen LogP contribution < -0.4 is 5.32 Å². The van der Waals surface area contributed by atoms with Gasteiger partial charge in [-0.25, -0.2) is 9.78 Å². The van der Waals surface area contributed by atoms with E-state index in [1.54, 1.807) is 12.1 Å². The molecule has 6 nitrogen and oxygen atoms in total. The zero-order chi connectivity index (χ0) is 20.1. The van der Waals surface area contributed by atoms with Crippen molar-refractivity contribution in [3.8, 4) is 6.07 Å². The van der Waals surface area contributed by atoms with Crippen LogP contribution in [0.5, 0.6) is 0 Å². The first-order chi connectivity index (χ1) is 13.5. The molecule has 7 heteroatoms. The van der Waals surface area contributed by atoms with Crippen LogP contribution in [0.4, 0.5) is 5.69 Å². The van der Waals surface area contributed by atoms with Crippen LogP contribution in [0, 0.1) is 11.3 Å². The average Bonchev–Trinajstić information content (AvgIpc) is 3.56. The number of thioether (sulfide) groups is 1. The molecule has 1 aliphatic rings. The van der Waals surface area contributed by atoms with Crippen LogP contribution in [0.3, 0.4) is 0 Å². The summed E-state index contributed by atoms with van der Waals surface area (Å²) in [5.41, 5.74) is 2.92. The number of benzene rings is 1. The van der Waals surface area contributed by atoms with Crippen molar-refractivity contribution in [2.75, 3.05) is 18.2 Å². The van der Waals surface area contributed by atoms with Crippen LogP contribution in [-0.2, 0) is 16.0 Å². The van der Waals surface area contributed by atoms with Gasteiger partial charge in [0.25, 0.3) is 5.91 Å². The van der Waals surface area contributed by atoms with Crippen molar-refractivity contribution in [1.29, 1.82) is 5.26 Å². The number of nitrogens with one attached hydrogen (secondary N) is 1. The van der Waals surface area contributed by atoms with Gasteiger partial charge in [0.1, 0.15) is 11.1 Å². The summed E-state index contributed by atoms with van der Waals surface area (Å²) < 4.78 is 5.18. The van der Waals surface area contributed by atoms with E-state index in [-0.39, 0.29) is 11.1 Å². The zero-order valence-corrected chi connectivity index (χ0v) is 16.6. The fraction of sp³-hybridized carbons (Fsp3) is 0.333. The highest BCUT2D eigenvalue weighted by atomic mass is 32.2. The smallest absolute Gasteiger partial charge is 0.340 e. The first-order valence-corrected chi connectivity index (χ1v) is 10.3. The largest absolute Gasteiger partial charge is 0.452 e. The summed E-state index contributed by atoms with van der Waals surface area (Å²) in [7, 11) is 0. The van der Waals surface area contributed by atoms with Crippen molar-refractivity contribution in [1.82, 2.24) is 4.98 Å². The van der Waals surface area contributed by atoms with Crippen molar-refractivity contribution < 1.29 is 14.3 Å². The van der Waals surface area contributed by atoms with Gasteiger partial charge in [-0.15, -0.1) is 11.8 Å². The molecule has 0 aliphatic heterocycles. The average molecular weight is 395 g/mol. The van der Waals surface area contributed by atoms with E-state index in [1.165, 1.54) is 11.8 Å². The summed E-state index contributed by atoms with van der Waals surface area (Å²) in [5, 5.41) is 12.7. The lowest BCUT2D eigenvalue weighted by Crippen LogP contribution is -2.21. The van der Waals surface area contributed by atoms with Crippen LogP contribution in [0.1, 0.15) is 52.9 Å². The van der Waals surface area contributed by atoms with Gasteiger partial charge in [0.05, 0.1) is 11.1 Å². The zero-order valence-electron chi connectivity index (χ0n) is 15.8. The number of rotatable bonds is 7. The monoisotopic (exact) mass is 395 g/mol. The maximum absolute atomic E-state index is 12.6. The third-order valence-electron chi connectivity index (χ3n) is 4.48. The number of pyridine rings is 1. The molecule has 1 saturated carbocycles. The molecule has 0 saturated heterocycles. The van der Waals surface area contributed by atoms with E-state index < -0.39 is 18.5 Å².